The summed E-state index contributed by atoms with van der Waals surface area (Å²) in [5.74, 6) is -0.136. The number of rotatable bonds is 6. The standard InChI is InChI=1S/C19H21N3O3S3/c23-17(20-13-18-21-15-6-2-3-7-16(15)27-18)12-14-8-9-19(26-14)28(24,25)22-10-4-1-5-11-22/h2-3,6-9H,1,4-5,10-13H2,(H,20,23). The molecule has 0 spiro atoms. The molecule has 9 heteroatoms. The number of hydrogen-bond donors (Lipinski definition) is 1. The van der Waals surface area contributed by atoms with Crippen molar-refractivity contribution in [1.82, 2.24) is 14.6 Å². The number of benzene rings is 1. The van der Waals surface area contributed by atoms with Crippen molar-refractivity contribution in [3.05, 3.63) is 46.3 Å². The normalized spacial score (nSPS) is 15.7. The molecule has 3 aromatic rings. The van der Waals surface area contributed by atoms with Crippen LogP contribution in [-0.4, -0.2) is 36.7 Å². The van der Waals surface area contributed by atoms with Gasteiger partial charge in [0.05, 0.1) is 23.2 Å². The number of thiazole rings is 1. The molecule has 0 bridgehead atoms. The summed E-state index contributed by atoms with van der Waals surface area (Å²) >= 11 is 2.74. The van der Waals surface area contributed by atoms with Crippen molar-refractivity contribution < 1.29 is 13.2 Å². The lowest BCUT2D eigenvalue weighted by Crippen LogP contribution is -2.35. The Morgan fingerprint density at radius 1 is 1.07 bits per heavy atom. The van der Waals surface area contributed by atoms with Gasteiger partial charge in [-0.2, -0.15) is 4.31 Å². The highest BCUT2D eigenvalue weighted by Gasteiger charge is 2.27. The third-order valence-corrected chi connectivity index (χ3v) is 9.14. The molecule has 1 aliphatic heterocycles. The fourth-order valence-corrected chi connectivity index (χ4v) is 7.15. The van der Waals surface area contributed by atoms with Gasteiger partial charge in [0.1, 0.15) is 9.22 Å². The Labute approximate surface area is 172 Å². The first-order valence-corrected chi connectivity index (χ1v) is 12.3. The van der Waals surface area contributed by atoms with E-state index in [0.29, 0.717) is 23.8 Å². The SMILES string of the molecule is O=C(Cc1ccc(S(=O)(=O)N2CCCCC2)s1)NCc1nc2ccccc2s1. The molecule has 0 atom stereocenters. The molecule has 2 aromatic heterocycles. The smallest absolute Gasteiger partial charge is 0.252 e. The van der Waals surface area contributed by atoms with E-state index in [1.807, 2.05) is 24.3 Å². The highest BCUT2D eigenvalue weighted by Crippen LogP contribution is 2.27. The van der Waals surface area contributed by atoms with Crippen molar-refractivity contribution in [3.8, 4) is 0 Å². The van der Waals surface area contributed by atoms with E-state index in [0.717, 1.165) is 39.4 Å². The minimum absolute atomic E-state index is 0.136. The summed E-state index contributed by atoms with van der Waals surface area (Å²) in [6, 6.07) is 11.2. The molecular weight excluding hydrogens is 414 g/mol. The van der Waals surface area contributed by atoms with Crippen LogP contribution in [0.25, 0.3) is 10.2 Å². The summed E-state index contributed by atoms with van der Waals surface area (Å²) in [4.78, 5) is 17.5. The van der Waals surface area contributed by atoms with Gasteiger partial charge in [-0.3, -0.25) is 4.79 Å². The van der Waals surface area contributed by atoms with Crippen LogP contribution in [0.3, 0.4) is 0 Å². The molecule has 1 saturated heterocycles. The quantitative estimate of drug-likeness (QED) is 0.644. The van der Waals surface area contributed by atoms with Gasteiger partial charge in [0, 0.05) is 18.0 Å². The number of nitrogens with zero attached hydrogens (tertiary/aromatic N) is 2. The largest absolute Gasteiger partial charge is 0.349 e. The van der Waals surface area contributed by atoms with Crippen LogP contribution in [0.1, 0.15) is 29.1 Å². The molecule has 1 N–H and O–H groups in total. The fraction of sp³-hybridized carbons (Fsp3) is 0.368. The lowest BCUT2D eigenvalue weighted by Gasteiger charge is -2.25. The molecule has 0 radical (unpaired) electrons. The van der Waals surface area contributed by atoms with E-state index in [2.05, 4.69) is 10.3 Å². The summed E-state index contributed by atoms with van der Waals surface area (Å²) < 4.78 is 28.4. The van der Waals surface area contributed by atoms with E-state index in [-0.39, 0.29) is 12.3 Å². The first kappa shape index (κ1) is 19.5. The van der Waals surface area contributed by atoms with E-state index in [4.69, 9.17) is 0 Å². The van der Waals surface area contributed by atoms with Gasteiger partial charge in [-0.15, -0.1) is 22.7 Å². The van der Waals surface area contributed by atoms with Crippen LogP contribution in [-0.2, 0) is 27.8 Å². The average molecular weight is 436 g/mol. The second-order valence-electron chi connectivity index (χ2n) is 6.71. The molecule has 6 nitrogen and oxygen atoms in total. The third-order valence-electron chi connectivity index (χ3n) is 4.66. The van der Waals surface area contributed by atoms with Crippen LogP contribution in [0.5, 0.6) is 0 Å². The monoisotopic (exact) mass is 435 g/mol. The minimum atomic E-state index is -3.44. The molecule has 0 aliphatic carbocycles. The third kappa shape index (κ3) is 4.27. The number of aromatic nitrogens is 1. The van der Waals surface area contributed by atoms with E-state index in [1.54, 1.807) is 27.8 Å². The van der Waals surface area contributed by atoms with Crippen molar-refractivity contribution in [2.45, 2.75) is 36.4 Å². The van der Waals surface area contributed by atoms with Crippen molar-refractivity contribution >= 4 is 48.8 Å². The average Bonchev–Trinajstić information content (AvgIpc) is 3.34. The van der Waals surface area contributed by atoms with Crippen molar-refractivity contribution in [2.75, 3.05) is 13.1 Å². The number of piperidine rings is 1. The van der Waals surface area contributed by atoms with Gasteiger partial charge in [-0.05, 0) is 37.1 Å². The molecule has 1 fully saturated rings. The lowest BCUT2D eigenvalue weighted by molar-refractivity contribution is -0.120. The number of thiophene rings is 1. The summed E-state index contributed by atoms with van der Waals surface area (Å²) in [7, 11) is -3.44. The highest BCUT2D eigenvalue weighted by molar-refractivity contribution is 7.91. The molecule has 4 rings (SSSR count). The summed E-state index contributed by atoms with van der Waals surface area (Å²) in [5.41, 5.74) is 0.933. The summed E-state index contributed by atoms with van der Waals surface area (Å²) in [6.07, 6.45) is 3.07. The van der Waals surface area contributed by atoms with Gasteiger partial charge in [0.25, 0.3) is 10.0 Å². The van der Waals surface area contributed by atoms with Gasteiger partial charge in [-0.1, -0.05) is 18.6 Å². The molecule has 148 valence electrons. The summed E-state index contributed by atoms with van der Waals surface area (Å²) in [6.45, 7) is 1.54. The second kappa shape index (κ2) is 8.28. The Hall–Kier alpha value is -1.81. The number of carbonyl (C=O) groups excluding carboxylic acids is 1. The number of para-hydroxylation sites is 1. The predicted molar refractivity (Wildman–Crippen MR) is 112 cm³/mol. The number of nitrogens with one attached hydrogen (secondary N) is 1. The molecule has 28 heavy (non-hydrogen) atoms. The first-order valence-electron chi connectivity index (χ1n) is 9.22. The van der Waals surface area contributed by atoms with Gasteiger partial charge in [-0.25, -0.2) is 13.4 Å². The maximum absolute atomic E-state index is 12.7. The zero-order chi connectivity index (χ0) is 19.6. The predicted octanol–water partition coefficient (Wildman–Crippen LogP) is 3.39. The van der Waals surface area contributed by atoms with E-state index >= 15 is 0 Å². The molecule has 1 aliphatic rings. The number of amides is 1. The van der Waals surface area contributed by atoms with Crippen LogP contribution in [0.4, 0.5) is 0 Å². The van der Waals surface area contributed by atoms with Crippen LogP contribution < -0.4 is 5.32 Å². The zero-order valence-corrected chi connectivity index (χ0v) is 17.7. The Kier molecular flexibility index (Phi) is 5.77. The van der Waals surface area contributed by atoms with Gasteiger partial charge in [0.2, 0.25) is 5.91 Å². The molecule has 3 heterocycles. The molecular formula is C19H21N3O3S3. The maximum Gasteiger partial charge on any atom is 0.252 e. The Bertz CT molecular complexity index is 1050. The lowest BCUT2D eigenvalue weighted by atomic mass is 10.2. The second-order valence-corrected chi connectivity index (χ2v) is 11.2. The number of hydrogen-bond acceptors (Lipinski definition) is 6. The van der Waals surface area contributed by atoms with E-state index in [1.165, 1.54) is 11.3 Å². The van der Waals surface area contributed by atoms with Crippen LogP contribution in [0, 0.1) is 0 Å². The van der Waals surface area contributed by atoms with Crippen LogP contribution in [0.15, 0.2) is 40.6 Å². The van der Waals surface area contributed by atoms with Gasteiger partial charge in [0.15, 0.2) is 0 Å². The van der Waals surface area contributed by atoms with Crippen molar-refractivity contribution in [2.24, 2.45) is 0 Å². The number of sulfonamides is 1. The topological polar surface area (TPSA) is 79.4 Å². The van der Waals surface area contributed by atoms with Gasteiger partial charge < -0.3 is 5.32 Å². The minimum Gasteiger partial charge on any atom is -0.349 e. The number of carbonyl (C=O) groups is 1. The molecule has 0 saturated carbocycles. The van der Waals surface area contributed by atoms with Crippen LogP contribution in [0.2, 0.25) is 0 Å². The molecule has 0 unspecified atom stereocenters. The van der Waals surface area contributed by atoms with E-state index in [9.17, 15) is 13.2 Å². The fourth-order valence-electron chi connectivity index (χ4n) is 3.21. The van der Waals surface area contributed by atoms with Crippen LogP contribution >= 0.6 is 22.7 Å². The van der Waals surface area contributed by atoms with Gasteiger partial charge >= 0.3 is 0 Å². The Morgan fingerprint density at radius 3 is 2.64 bits per heavy atom. The molecule has 1 amide bonds. The summed E-state index contributed by atoms with van der Waals surface area (Å²) in [5, 5.41) is 3.73. The highest BCUT2D eigenvalue weighted by atomic mass is 32.2. The zero-order valence-electron chi connectivity index (χ0n) is 15.3. The molecule has 1 aromatic carbocycles. The van der Waals surface area contributed by atoms with Crippen molar-refractivity contribution in [3.63, 3.8) is 0 Å². The van der Waals surface area contributed by atoms with E-state index < -0.39 is 10.0 Å². The first-order chi connectivity index (χ1) is 13.5. The Balaban J connectivity index is 1.36. The number of fused-ring (bicyclic) bond motifs is 1. The Morgan fingerprint density at radius 2 is 1.86 bits per heavy atom. The van der Waals surface area contributed by atoms with Crippen molar-refractivity contribution in [1.29, 1.82) is 0 Å². The maximum atomic E-state index is 12.7.